The number of para-hydroxylation sites is 1. The average molecular weight is 373 g/mol. The molecule has 0 saturated heterocycles. The molecule has 3 rings (SSSR count). The molecule has 0 aliphatic heterocycles. The van der Waals surface area contributed by atoms with Crippen molar-refractivity contribution in [2.75, 3.05) is 0 Å². The number of nitrogens with two attached hydrogens (primary N) is 2. The molecule has 3 aromatic rings. The van der Waals surface area contributed by atoms with Crippen LogP contribution in [-0.4, -0.2) is 10.8 Å². The Kier molecular flexibility index (Phi) is 7.43. The fourth-order valence-electron chi connectivity index (χ4n) is 2.88. The third kappa shape index (κ3) is 5.04. The Morgan fingerprint density at radius 2 is 1.96 bits per heavy atom. The Balaban J connectivity index is 0.00000109. The second-order valence-corrected chi connectivity index (χ2v) is 6.89. The highest BCUT2D eigenvalue weighted by Gasteiger charge is 2.16. The van der Waals surface area contributed by atoms with Gasteiger partial charge in [0, 0.05) is 11.5 Å². The molecule has 132 valence electrons. The maximum Gasteiger partial charge on any atom is 0.122 e. The van der Waals surface area contributed by atoms with Crippen molar-refractivity contribution in [3.05, 3.63) is 64.7 Å². The average Bonchev–Trinajstić information content (AvgIpc) is 3.07. The zero-order valence-electron chi connectivity index (χ0n) is 14.3. The maximum atomic E-state index is 7.60. The molecule has 1 unspecified atom stereocenters. The van der Waals surface area contributed by atoms with Gasteiger partial charge in [0.2, 0.25) is 0 Å². The lowest BCUT2D eigenvalue weighted by atomic mass is 9.94. The van der Waals surface area contributed by atoms with Crippen LogP contribution in [0.2, 0.25) is 0 Å². The van der Waals surface area contributed by atoms with Crippen LogP contribution < -0.4 is 10.9 Å². The number of hydrogen-bond acceptors (Lipinski definition) is 5. The second kappa shape index (κ2) is 9.56. The van der Waals surface area contributed by atoms with Crippen molar-refractivity contribution in [1.82, 2.24) is 4.98 Å². The number of nitrogens with zero attached hydrogens (tertiary/aromatic N) is 1. The van der Waals surface area contributed by atoms with E-state index in [-0.39, 0.29) is 5.84 Å². The van der Waals surface area contributed by atoms with E-state index in [1.807, 2.05) is 24.3 Å². The number of amidine groups is 1. The molecule has 5 N–H and O–H groups in total. The van der Waals surface area contributed by atoms with Gasteiger partial charge in [-0.05, 0) is 36.6 Å². The van der Waals surface area contributed by atoms with Gasteiger partial charge in [0.15, 0.2) is 0 Å². The van der Waals surface area contributed by atoms with E-state index in [0.29, 0.717) is 5.92 Å². The first-order valence-electron chi connectivity index (χ1n) is 8.22. The summed E-state index contributed by atoms with van der Waals surface area (Å²) in [4.78, 5) is 4.84. The summed E-state index contributed by atoms with van der Waals surface area (Å²) >= 11 is 4.82. The molecule has 0 bridgehead atoms. The van der Waals surface area contributed by atoms with Crippen molar-refractivity contribution in [1.29, 1.82) is 5.41 Å². The molecular formula is C19H24N4S2. The smallest absolute Gasteiger partial charge is 0.122 e. The topological polar surface area (TPSA) is 88.8 Å². The number of fused-ring (bicyclic) bond motifs is 1. The van der Waals surface area contributed by atoms with Crippen LogP contribution in [0.25, 0.3) is 10.2 Å². The lowest BCUT2D eigenvalue weighted by molar-refractivity contribution is 0.608. The van der Waals surface area contributed by atoms with Crippen molar-refractivity contribution in [2.45, 2.75) is 32.1 Å². The number of thiazole rings is 1. The maximum absolute atomic E-state index is 7.60. The predicted octanol–water partition coefficient (Wildman–Crippen LogP) is 4.50. The van der Waals surface area contributed by atoms with Crippen molar-refractivity contribution in [3.8, 4) is 0 Å². The van der Waals surface area contributed by atoms with E-state index in [1.54, 1.807) is 11.3 Å². The minimum atomic E-state index is 0.124. The number of aromatic nitrogens is 1. The summed E-state index contributed by atoms with van der Waals surface area (Å²) in [5.74, 6) is 0.540. The second-order valence-electron chi connectivity index (χ2n) is 5.82. The van der Waals surface area contributed by atoms with E-state index < -0.39 is 0 Å². The number of nitrogen functional groups attached to an aromatic ring is 1. The van der Waals surface area contributed by atoms with Crippen LogP contribution in [0.5, 0.6) is 0 Å². The molecule has 0 amide bonds. The van der Waals surface area contributed by atoms with Gasteiger partial charge in [0.1, 0.15) is 5.84 Å². The standard InChI is InChI=1S/C19H21N3S.H3NS/c1-2-6-15(12-13-7-5-8-14(11-13)18(20)21)19-22-16-9-3-4-10-17(16)23-19;1-2/h3-5,7-11,15H,2,6,12H2,1H3,(H3,20,21);2H,1H2. The van der Waals surface area contributed by atoms with E-state index in [2.05, 4.69) is 49.1 Å². The van der Waals surface area contributed by atoms with Crippen LogP contribution in [-0.2, 0) is 6.42 Å². The molecule has 0 spiro atoms. The zero-order chi connectivity index (χ0) is 18.2. The number of thiol groups is 1. The van der Waals surface area contributed by atoms with E-state index in [4.69, 9.17) is 16.1 Å². The third-order valence-corrected chi connectivity index (χ3v) is 5.22. The van der Waals surface area contributed by atoms with Gasteiger partial charge in [-0.2, -0.15) is 0 Å². The minimum Gasteiger partial charge on any atom is -0.384 e. The van der Waals surface area contributed by atoms with E-state index in [0.717, 1.165) is 30.3 Å². The summed E-state index contributed by atoms with van der Waals surface area (Å²) in [7, 11) is 0. The predicted molar refractivity (Wildman–Crippen MR) is 112 cm³/mol. The Bertz CT molecular complexity index is 796. The molecule has 1 heterocycles. The van der Waals surface area contributed by atoms with Gasteiger partial charge < -0.3 is 5.73 Å². The summed E-state index contributed by atoms with van der Waals surface area (Å²) in [6, 6.07) is 16.3. The molecule has 0 saturated carbocycles. The fourth-order valence-corrected chi connectivity index (χ4v) is 3.98. The quantitative estimate of drug-likeness (QED) is 0.292. The Morgan fingerprint density at radius 3 is 2.64 bits per heavy atom. The zero-order valence-corrected chi connectivity index (χ0v) is 16.0. The number of hydrogen-bond donors (Lipinski definition) is 4. The molecule has 6 heteroatoms. The van der Waals surface area contributed by atoms with Crippen molar-refractivity contribution < 1.29 is 0 Å². The first-order chi connectivity index (χ1) is 12.2. The van der Waals surface area contributed by atoms with Crippen LogP contribution in [0, 0.1) is 5.41 Å². The van der Waals surface area contributed by atoms with E-state index in [1.165, 1.54) is 15.3 Å². The molecule has 0 aliphatic carbocycles. The summed E-state index contributed by atoms with van der Waals surface area (Å²) in [5.41, 5.74) is 8.71. The van der Waals surface area contributed by atoms with Crippen molar-refractivity contribution >= 4 is 40.2 Å². The van der Waals surface area contributed by atoms with Crippen LogP contribution in [0.3, 0.4) is 0 Å². The fraction of sp³-hybridized carbons (Fsp3) is 0.263. The lowest BCUT2D eigenvalue weighted by Gasteiger charge is -2.14. The molecule has 0 aliphatic rings. The van der Waals surface area contributed by atoms with E-state index in [9.17, 15) is 0 Å². The lowest BCUT2D eigenvalue weighted by Crippen LogP contribution is -2.11. The minimum absolute atomic E-state index is 0.124. The molecule has 1 aromatic heterocycles. The Hall–Kier alpha value is -1.89. The highest BCUT2D eigenvalue weighted by Crippen LogP contribution is 2.32. The molecular weight excluding hydrogens is 348 g/mol. The van der Waals surface area contributed by atoms with Gasteiger partial charge >= 0.3 is 0 Å². The summed E-state index contributed by atoms with van der Waals surface area (Å²) in [6.45, 7) is 2.21. The van der Waals surface area contributed by atoms with Gasteiger partial charge in [0.25, 0.3) is 0 Å². The monoisotopic (exact) mass is 372 g/mol. The molecule has 4 nitrogen and oxygen atoms in total. The molecule has 0 radical (unpaired) electrons. The van der Waals surface area contributed by atoms with Gasteiger partial charge in [0.05, 0.1) is 15.2 Å². The first-order valence-corrected chi connectivity index (χ1v) is 9.55. The van der Waals surface area contributed by atoms with Gasteiger partial charge in [-0.15, -0.1) is 24.2 Å². The van der Waals surface area contributed by atoms with Gasteiger partial charge in [-0.3, -0.25) is 10.5 Å². The number of rotatable bonds is 6. The summed E-state index contributed by atoms with van der Waals surface area (Å²) in [5, 5.41) is 13.0. The molecule has 2 aromatic carbocycles. The molecule has 0 fully saturated rings. The highest BCUT2D eigenvalue weighted by molar-refractivity contribution is 7.77. The van der Waals surface area contributed by atoms with Crippen LogP contribution in [0.15, 0.2) is 48.5 Å². The first kappa shape index (κ1) is 19.4. The third-order valence-electron chi connectivity index (χ3n) is 4.02. The normalized spacial score (nSPS) is 11.6. The largest absolute Gasteiger partial charge is 0.384 e. The van der Waals surface area contributed by atoms with Crippen LogP contribution in [0.4, 0.5) is 0 Å². The number of nitrogens with one attached hydrogen (secondary N) is 1. The number of benzene rings is 2. The van der Waals surface area contributed by atoms with E-state index >= 15 is 0 Å². The molecule has 25 heavy (non-hydrogen) atoms. The summed E-state index contributed by atoms with van der Waals surface area (Å²) < 4.78 is 1.25. The molecule has 1 atom stereocenters. The Morgan fingerprint density at radius 1 is 1.20 bits per heavy atom. The van der Waals surface area contributed by atoms with Crippen LogP contribution in [0.1, 0.15) is 41.8 Å². The van der Waals surface area contributed by atoms with Crippen molar-refractivity contribution in [3.63, 3.8) is 0 Å². The van der Waals surface area contributed by atoms with Gasteiger partial charge in [-0.25, -0.2) is 4.98 Å². The Labute approximate surface area is 158 Å². The van der Waals surface area contributed by atoms with Crippen LogP contribution >= 0.6 is 24.2 Å². The van der Waals surface area contributed by atoms with Crippen molar-refractivity contribution in [2.24, 2.45) is 10.9 Å². The highest BCUT2D eigenvalue weighted by atomic mass is 32.1. The summed E-state index contributed by atoms with van der Waals surface area (Å²) in [6.07, 6.45) is 3.19. The van der Waals surface area contributed by atoms with Gasteiger partial charge in [-0.1, -0.05) is 43.7 Å². The SMILES string of the molecule is CCCC(Cc1cccc(C(=N)N)c1)c1nc2ccccc2s1.NS.